The van der Waals surface area contributed by atoms with E-state index in [-0.39, 0.29) is 12.1 Å². The molecule has 1 atom stereocenters. The van der Waals surface area contributed by atoms with Gasteiger partial charge in [-0.05, 0) is 11.6 Å². The number of hydrogen-bond acceptors (Lipinski definition) is 3. The summed E-state index contributed by atoms with van der Waals surface area (Å²) in [6.45, 7) is 2.00. The van der Waals surface area contributed by atoms with Gasteiger partial charge in [0.1, 0.15) is 5.75 Å². The van der Waals surface area contributed by atoms with Gasteiger partial charge in [-0.25, -0.2) is 0 Å². The summed E-state index contributed by atoms with van der Waals surface area (Å²) in [5.74, 6) is 0.812. The van der Waals surface area contributed by atoms with Crippen LogP contribution in [0.15, 0.2) is 42.5 Å². The minimum absolute atomic E-state index is 0.0720. The molecule has 0 aromatic heterocycles. The van der Waals surface area contributed by atoms with Crippen molar-refractivity contribution >= 4 is 5.78 Å². The molecule has 2 aromatic carbocycles. The van der Waals surface area contributed by atoms with Crippen LogP contribution in [0.5, 0.6) is 5.75 Å². The molecule has 0 spiro atoms. The van der Waals surface area contributed by atoms with Crippen molar-refractivity contribution in [3.8, 4) is 5.75 Å². The number of hydrogen-bond donors (Lipinski definition) is 0. The summed E-state index contributed by atoms with van der Waals surface area (Å²) in [6.07, 6.45) is 1.18. The van der Waals surface area contributed by atoms with Crippen LogP contribution in [0.2, 0.25) is 0 Å². The first-order valence-corrected chi connectivity index (χ1v) is 7.18. The Bertz CT molecular complexity index is 672. The summed E-state index contributed by atoms with van der Waals surface area (Å²) in [7, 11) is 1.63. The third kappa shape index (κ3) is 2.45. The summed E-state index contributed by atoms with van der Waals surface area (Å²) in [5.41, 5.74) is 3.53. The second-order valence-electron chi connectivity index (χ2n) is 5.14. The van der Waals surface area contributed by atoms with Gasteiger partial charge in [0.05, 0.1) is 0 Å². The number of carbonyl (C=O) groups is 1. The number of ketones is 1. The molecular formula is C18H18O3. The molecular weight excluding hydrogens is 264 g/mol. The van der Waals surface area contributed by atoms with E-state index in [1.54, 1.807) is 7.11 Å². The van der Waals surface area contributed by atoms with Gasteiger partial charge in [-0.3, -0.25) is 4.79 Å². The van der Waals surface area contributed by atoms with Crippen LogP contribution in [0.1, 0.15) is 40.4 Å². The number of benzene rings is 2. The van der Waals surface area contributed by atoms with Gasteiger partial charge in [0.2, 0.25) is 0 Å². The van der Waals surface area contributed by atoms with E-state index >= 15 is 0 Å². The molecule has 3 nitrogen and oxygen atoms in total. The predicted octanol–water partition coefficient (Wildman–Crippen LogP) is 3.58. The molecule has 0 amide bonds. The summed E-state index contributed by atoms with van der Waals surface area (Å²) in [6, 6.07) is 13.4. The van der Waals surface area contributed by atoms with Crippen molar-refractivity contribution in [2.75, 3.05) is 7.11 Å². The van der Waals surface area contributed by atoms with Gasteiger partial charge in [0.15, 0.2) is 12.1 Å². The van der Waals surface area contributed by atoms with Crippen LogP contribution in [-0.2, 0) is 11.2 Å². The lowest BCUT2D eigenvalue weighted by Gasteiger charge is -2.23. The van der Waals surface area contributed by atoms with Crippen molar-refractivity contribution < 1.29 is 14.3 Å². The highest BCUT2D eigenvalue weighted by Crippen LogP contribution is 2.33. The molecule has 0 aliphatic heterocycles. The first-order chi connectivity index (χ1) is 10.2. The number of methoxy groups -OCH3 is 1. The maximum atomic E-state index is 12.6. The van der Waals surface area contributed by atoms with Crippen LogP contribution < -0.4 is 4.74 Å². The van der Waals surface area contributed by atoms with Crippen molar-refractivity contribution in [3.63, 3.8) is 0 Å². The molecule has 1 aliphatic carbocycles. The fraction of sp³-hybridized carbons (Fsp3) is 0.278. The second-order valence-corrected chi connectivity index (χ2v) is 5.14. The van der Waals surface area contributed by atoms with Crippen LogP contribution in [0.4, 0.5) is 0 Å². The third-order valence-electron chi connectivity index (χ3n) is 3.86. The zero-order valence-electron chi connectivity index (χ0n) is 12.3. The van der Waals surface area contributed by atoms with E-state index in [2.05, 4.69) is 0 Å². The molecule has 21 heavy (non-hydrogen) atoms. The Labute approximate surface area is 124 Å². The Morgan fingerprint density at radius 3 is 2.62 bits per heavy atom. The highest BCUT2D eigenvalue weighted by Gasteiger charge is 2.25. The quantitative estimate of drug-likeness (QED) is 0.686. The summed E-state index contributed by atoms with van der Waals surface area (Å²) in [5, 5.41) is 0. The van der Waals surface area contributed by atoms with E-state index in [0.29, 0.717) is 6.42 Å². The standard InChI is InChI=1S/C18H18O3/c1-3-17(20-2)21-16-10-6-9-14-15(16)11-12-7-4-5-8-13(12)18(14)19/h4-10,17H,3,11H2,1-2H3. The van der Waals surface area contributed by atoms with Gasteiger partial charge in [-0.2, -0.15) is 0 Å². The molecule has 1 unspecified atom stereocenters. The lowest BCUT2D eigenvalue weighted by molar-refractivity contribution is -0.0553. The monoisotopic (exact) mass is 282 g/mol. The molecule has 108 valence electrons. The van der Waals surface area contributed by atoms with Crippen LogP contribution in [-0.4, -0.2) is 19.2 Å². The highest BCUT2D eigenvalue weighted by atomic mass is 16.7. The van der Waals surface area contributed by atoms with Gasteiger partial charge in [-0.1, -0.05) is 43.3 Å². The van der Waals surface area contributed by atoms with Gasteiger partial charge in [0, 0.05) is 36.6 Å². The average Bonchev–Trinajstić information content (AvgIpc) is 2.53. The first kappa shape index (κ1) is 13.8. The number of fused-ring (bicyclic) bond motifs is 2. The van der Waals surface area contributed by atoms with Crippen LogP contribution in [0, 0.1) is 0 Å². The Morgan fingerprint density at radius 1 is 1.10 bits per heavy atom. The number of carbonyl (C=O) groups excluding carboxylic acids is 1. The zero-order chi connectivity index (χ0) is 14.8. The fourth-order valence-corrected chi connectivity index (χ4v) is 2.74. The minimum atomic E-state index is -0.288. The highest BCUT2D eigenvalue weighted by molar-refractivity contribution is 6.12. The summed E-state index contributed by atoms with van der Waals surface area (Å²) < 4.78 is 11.2. The van der Waals surface area contributed by atoms with Crippen molar-refractivity contribution in [2.45, 2.75) is 26.1 Å². The van der Waals surface area contributed by atoms with Crippen molar-refractivity contribution in [1.29, 1.82) is 0 Å². The van der Waals surface area contributed by atoms with E-state index in [1.165, 1.54) is 0 Å². The predicted molar refractivity (Wildman–Crippen MR) is 80.8 cm³/mol. The summed E-state index contributed by atoms with van der Waals surface area (Å²) >= 11 is 0. The largest absolute Gasteiger partial charge is 0.465 e. The zero-order valence-corrected chi connectivity index (χ0v) is 12.3. The lowest BCUT2D eigenvalue weighted by Crippen LogP contribution is -2.21. The molecule has 0 N–H and O–H groups in total. The van der Waals surface area contributed by atoms with Crippen LogP contribution in [0.25, 0.3) is 0 Å². The van der Waals surface area contributed by atoms with Crippen molar-refractivity contribution in [3.05, 3.63) is 64.7 Å². The van der Waals surface area contributed by atoms with Gasteiger partial charge in [0.25, 0.3) is 0 Å². The van der Waals surface area contributed by atoms with Crippen molar-refractivity contribution in [1.82, 2.24) is 0 Å². The molecule has 0 radical (unpaired) electrons. The molecule has 0 heterocycles. The molecule has 0 fully saturated rings. The SMILES string of the molecule is CCC(OC)Oc1cccc2c1Cc1ccccc1C2=O. The third-order valence-corrected chi connectivity index (χ3v) is 3.86. The fourth-order valence-electron chi connectivity index (χ4n) is 2.74. The molecule has 2 aromatic rings. The smallest absolute Gasteiger partial charge is 0.199 e. The second kappa shape index (κ2) is 5.70. The molecule has 0 bridgehead atoms. The average molecular weight is 282 g/mol. The Balaban J connectivity index is 2.02. The van der Waals surface area contributed by atoms with Gasteiger partial charge < -0.3 is 9.47 Å². The van der Waals surface area contributed by atoms with E-state index in [1.807, 2.05) is 49.4 Å². The molecule has 1 aliphatic rings. The van der Waals surface area contributed by atoms with Crippen molar-refractivity contribution in [2.24, 2.45) is 0 Å². The number of ether oxygens (including phenoxy) is 2. The van der Waals surface area contributed by atoms with E-state index < -0.39 is 0 Å². The van der Waals surface area contributed by atoms with Crippen LogP contribution in [0.3, 0.4) is 0 Å². The molecule has 3 rings (SSSR count). The normalized spacial score (nSPS) is 14.3. The lowest BCUT2D eigenvalue weighted by atomic mass is 9.84. The summed E-state index contributed by atoms with van der Waals surface area (Å²) in [4.78, 5) is 12.6. The van der Waals surface area contributed by atoms with E-state index in [0.717, 1.165) is 34.4 Å². The Hall–Kier alpha value is -2.13. The topological polar surface area (TPSA) is 35.5 Å². The minimum Gasteiger partial charge on any atom is -0.465 e. The molecule has 0 saturated carbocycles. The first-order valence-electron chi connectivity index (χ1n) is 7.18. The Kier molecular flexibility index (Phi) is 3.76. The maximum Gasteiger partial charge on any atom is 0.199 e. The molecule has 0 saturated heterocycles. The molecule has 3 heteroatoms. The van der Waals surface area contributed by atoms with E-state index in [9.17, 15) is 4.79 Å². The van der Waals surface area contributed by atoms with E-state index in [4.69, 9.17) is 9.47 Å². The maximum absolute atomic E-state index is 12.6. The number of rotatable bonds is 4. The van der Waals surface area contributed by atoms with Crippen LogP contribution >= 0.6 is 0 Å². The Morgan fingerprint density at radius 2 is 1.86 bits per heavy atom. The van der Waals surface area contributed by atoms with Gasteiger partial charge >= 0.3 is 0 Å². The van der Waals surface area contributed by atoms with Gasteiger partial charge in [-0.15, -0.1) is 0 Å².